The molecule has 1 atom stereocenters. The molecule has 1 rings (SSSR count). The highest BCUT2D eigenvalue weighted by molar-refractivity contribution is 5.27. The van der Waals surface area contributed by atoms with Crippen LogP contribution in [0.25, 0.3) is 0 Å². The van der Waals surface area contributed by atoms with E-state index in [0.29, 0.717) is 5.92 Å². The van der Waals surface area contributed by atoms with Crippen molar-refractivity contribution in [1.82, 2.24) is 5.32 Å². The highest BCUT2D eigenvalue weighted by Crippen LogP contribution is 2.18. The van der Waals surface area contributed by atoms with Crippen LogP contribution < -0.4 is 10.1 Å². The molecule has 21 heavy (non-hydrogen) atoms. The molecular formula is C18H31NO2. The van der Waals surface area contributed by atoms with Crippen molar-refractivity contribution in [3.8, 4) is 5.75 Å². The minimum Gasteiger partial charge on any atom is -0.497 e. The lowest BCUT2D eigenvalue weighted by atomic mass is 9.93. The summed E-state index contributed by atoms with van der Waals surface area (Å²) in [7, 11) is 3.46. The van der Waals surface area contributed by atoms with Crippen molar-refractivity contribution in [2.24, 2.45) is 5.92 Å². The standard InChI is InChI=1S/C18H31NO2/c1-4-5-6-7-17(15-19-12-13-20-2)14-16-8-10-18(21-3)11-9-16/h8-11,17,19H,4-7,12-15H2,1-3H3. The first-order valence-electron chi connectivity index (χ1n) is 8.12. The number of methoxy groups -OCH3 is 2. The first kappa shape index (κ1) is 18.0. The highest BCUT2D eigenvalue weighted by Gasteiger charge is 2.09. The fourth-order valence-corrected chi connectivity index (χ4v) is 2.53. The van der Waals surface area contributed by atoms with Crippen molar-refractivity contribution in [1.29, 1.82) is 0 Å². The Kier molecular flexibility index (Phi) is 9.92. The number of hydrogen-bond acceptors (Lipinski definition) is 3. The molecule has 120 valence electrons. The summed E-state index contributed by atoms with van der Waals surface area (Å²) in [6.45, 7) is 5.04. The number of ether oxygens (including phenoxy) is 2. The topological polar surface area (TPSA) is 30.5 Å². The van der Waals surface area contributed by atoms with Gasteiger partial charge < -0.3 is 14.8 Å². The van der Waals surface area contributed by atoms with E-state index in [-0.39, 0.29) is 0 Å². The highest BCUT2D eigenvalue weighted by atomic mass is 16.5. The van der Waals surface area contributed by atoms with Crippen LogP contribution in [0, 0.1) is 5.92 Å². The lowest BCUT2D eigenvalue weighted by molar-refractivity contribution is 0.197. The van der Waals surface area contributed by atoms with Gasteiger partial charge in [0.1, 0.15) is 5.75 Å². The third-order valence-electron chi connectivity index (χ3n) is 3.82. The predicted molar refractivity (Wildman–Crippen MR) is 89.1 cm³/mol. The molecule has 0 aliphatic rings. The quantitative estimate of drug-likeness (QED) is 0.596. The first-order valence-corrected chi connectivity index (χ1v) is 8.12. The maximum absolute atomic E-state index is 5.22. The normalized spacial score (nSPS) is 12.3. The Bertz CT molecular complexity index is 351. The number of rotatable bonds is 12. The van der Waals surface area contributed by atoms with E-state index in [1.165, 1.54) is 31.2 Å². The van der Waals surface area contributed by atoms with Gasteiger partial charge in [-0.3, -0.25) is 0 Å². The van der Waals surface area contributed by atoms with Gasteiger partial charge in [0, 0.05) is 13.7 Å². The van der Waals surface area contributed by atoms with Gasteiger partial charge in [-0.1, -0.05) is 38.3 Å². The Morgan fingerprint density at radius 3 is 2.48 bits per heavy atom. The second-order valence-corrected chi connectivity index (χ2v) is 5.61. The lowest BCUT2D eigenvalue weighted by Gasteiger charge is -2.18. The largest absolute Gasteiger partial charge is 0.497 e. The molecule has 1 N–H and O–H groups in total. The number of nitrogens with one attached hydrogen (secondary N) is 1. The van der Waals surface area contributed by atoms with Crippen molar-refractivity contribution in [2.75, 3.05) is 33.9 Å². The molecule has 0 saturated carbocycles. The summed E-state index contributed by atoms with van der Waals surface area (Å²) >= 11 is 0. The van der Waals surface area contributed by atoms with E-state index < -0.39 is 0 Å². The number of unbranched alkanes of at least 4 members (excludes halogenated alkanes) is 2. The molecule has 0 fully saturated rings. The van der Waals surface area contributed by atoms with Crippen LogP contribution in [0.2, 0.25) is 0 Å². The van der Waals surface area contributed by atoms with Crippen LogP contribution in [-0.4, -0.2) is 33.9 Å². The average Bonchev–Trinajstić information content (AvgIpc) is 2.52. The SMILES string of the molecule is CCCCCC(CNCCOC)Cc1ccc(OC)cc1. The van der Waals surface area contributed by atoms with Crippen molar-refractivity contribution in [3.63, 3.8) is 0 Å². The van der Waals surface area contributed by atoms with Gasteiger partial charge in [0.2, 0.25) is 0 Å². The monoisotopic (exact) mass is 293 g/mol. The van der Waals surface area contributed by atoms with E-state index in [1.54, 1.807) is 14.2 Å². The molecule has 0 amide bonds. The summed E-state index contributed by atoms with van der Waals surface area (Å²) in [5.41, 5.74) is 1.39. The second kappa shape index (κ2) is 11.6. The molecule has 0 bridgehead atoms. The molecule has 1 unspecified atom stereocenters. The van der Waals surface area contributed by atoms with Crippen molar-refractivity contribution < 1.29 is 9.47 Å². The van der Waals surface area contributed by atoms with Gasteiger partial charge in [0.15, 0.2) is 0 Å². The van der Waals surface area contributed by atoms with E-state index in [0.717, 1.165) is 31.9 Å². The first-order chi connectivity index (χ1) is 10.3. The predicted octanol–water partition coefficient (Wildman–Crippen LogP) is 3.67. The van der Waals surface area contributed by atoms with E-state index in [4.69, 9.17) is 9.47 Å². The molecule has 0 saturated heterocycles. The van der Waals surface area contributed by atoms with E-state index in [1.807, 2.05) is 0 Å². The lowest BCUT2D eigenvalue weighted by Crippen LogP contribution is -2.27. The maximum atomic E-state index is 5.22. The zero-order valence-electron chi connectivity index (χ0n) is 13.9. The van der Waals surface area contributed by atoms with E-state index in [2.05, 4.69) is 36.5 Å². The van der Waals surface area contributed by atoms with E-state index >= 15 is 0 Å². The Morgan fingerprint density at radius 2 is 1.86 bits per heavy atom. The number of hydrogen-bond donors (Lipinski definition) is 1. The molecule has 0 aliphatic heterocycles. The molecule has 0 aromatic heterocycles. The molecule has 1 aromatic carbocycles. The Balaban J connectivity index is 2.44. The Labute approximate surface area is 130 Å². The minimum atomic E-state index is 0.696. The van der Waals surface area contributed by atoms with Crippen LogP contribution in [0.5, 0.6) is 5.75 Å². The van der Waals surface area contributed by atoms with E-state index in [9.17, 15) is 0 Å². The van der Waals surface area contributed by atoms with Crippen molar-refractivity contribution in [2.45, 2.75) is 39.0 Å². The molecule has 3 heteroatoms. The van der Waals surface area contributed by atoms with Crippen LogP contribution >= 0.6 is 0 Å². The molecule has 0 spiro atoms. The van der Waals surface area contributed by atoms with Gasteiger partial charge in [-0.2, -0.15) is 0 Å². The molecule has 0 heterocycles. The van der Waals surface area contributed by atoms with Gasteiger partial charge >= 0.3 is 0 Å². The minimum absolute atomic E-state index is 0.696. The average molecular weight is 293 g/mol. The molecule has 0 radical (unpaired) electrons. The van der Waals surface area contributed by atoms with Gasteiger partial charge in [-0.15, -0.1) is 0 Å². The second-order valence-electron chi connectivity index (χ2n) is 5.61. The third-order valence-corrected chi connectivity index (χ3v) is 3.82. The van der Waals surface area contributed by atoms with Crippen LogP contribution in [0.1, 0.15) is 38.2 Å². The smallest absolute Gasteiger partial charge is 0.118 e. The Hall–Kier alpha value is -1.06. The molecular weight excluding hydrogens is 262 g/mol. The summed E-state index contributed by atoms with van der Waals surface area (Å²) in [6.07, 6.45) is 6.36. The number of benzene rings is 1. The Morgan fingerprint density at radius 1 is 1.10 bits per heavy atom. The molecule has 3 nitrogen and oxygen atoms in total. The fourth-order valence-electron chi connectivity index (χ4n) is 2.53. The summed E-state index contributed by atoms with van der Waals surface area (Å²) in [6, 6.07) is 8.47. The third kappa shape index (κ3) is 8.08. The summed E-state index contributed by atoms with van der Waals surface area (Å²) in [5.74, 6) is 1.63. The zero-order chi connectivity index (χ0) is 15.3. The summed E-state index contributed by atoms with van der Waals surface area (Å²) in [4.78, 5) is 0. The zero-order valence-corrected chi connectivity index (χ0v) is 13.9. The van der Waals surface area contributed by atoms with Crippen LogP contribution in [0.4, 0.5) is 0 Å². The molecule has 1 aromatic rings. The van der Waals surface area contributed by atoms with Crippen LogP contribution in [0.15, 0.2) is 24.3 Å². The van der Waals surface area contributed by atoms with Gasteiger partial charge in [0.25, 0.3) is 0 Å². The van der Waals surface area contributed by atoms with Gasteiger partial charge in [0.05, 0.1) is 13.7 Å². The summed E-state index contributed by atoms with van der Waals surface area (Å²) in [5, 5.41) is 3.51. The van der Waals surface area contributed by atoms with Crippen molar-refractivity contribution >= 4 is 0 Å². The van der Waals surface area contributed by atoms with Gasteiger partial charge in [-0.05, 0) is 43.0 Å². The van der Waals surface area contributed by atoms with Gasteiger partial charge in [-0.25, -0.2) is 0 Å². The fraction of sp³-hybridized carbons (Fsp3) is 0.667. The summed E-state index contributed by atoms with van der Waals surface area (Å²) < 4.78 is 10.3. The van der Waals surface area contributed by atoms with Crippen LogP contribution in [-0.2, 0) is 11.2 Å². The van der Waals surface area contributed by atoms with Crippen molar-refractivity contribution in [3.05, 3.63) is 29.8 Å². The molecule has 0 aliphatic carbocycles. The van der Waals surface area contributed by atoms with Crippen LogP contribution in [0.3, 0.4) is 0 Å². The maximum Gasteiger partial charge on any atom is 0.118 e.